The first kappa shape index (κ1) is 6.43. The van der Waals surface area contributed by atoms with Crippen LogP contribution in [0.1, 0.15) is 0 Å². The molecule has 0 atom stereocenters. The highest BCUT2D eigenvalue weighted by Crippen LogP contribution is 1.77. The molecule has 3 nitrogen and oxygen atoms in total. The van der Waals surface area contributed by atoms with Gasteiger partial charge in [0.25, 0.3) is 0 Å². The molecule has 0 aliphatic carbocycles. The largest absolute Gasteiger partial charge is 0.264 e. The Morgan fingerprint density at radius 1 is 1.86 bits per heavy atom. The molecule has 0 heterocycles. The van der Waals surface area contributed by atoms with E-state index < -0.39 is 4.92 Å². The fourth-order valence-electron chi connectivity index (χ4n) is 0.126. The Bertz CT molecular complexity index is 90.9. The zero-order chi connectivity index (χ0) is 5.70. The van der Waals surface area contributed by atoms with Crippen LogP contribution in [0.3, 0.4) is 0 Å². The van der Waals surface area contributed by atoms with E-state index in [4.69, 9.17) is 11.6 Å². The maximum absolute atomic E-state index is 9.45. The fourth-order valence-corrected chi connectivity index (χ4v) is 0.206. The second kappa shape index (κ2) is 3.61. The Kier molecular flexibility index (Phi) is 3.32. The van der Waals surface area contributed by atoms with Crippen molar-refractivity contribution < 1.29 is 4.92 Å². The lowest BCUT2D eigenvalue weighted by molar-refractivity contribution is -0.468. The van der Waals surface area contributed by atoms with Gasteiger partial charge in [-0.05, 0) is 6.08 Å². The number of halogens is 1. The monoisotopic (exact) mass is 121 g/mol. The molecule has 4 heteroatoms. The second-order valence-corrected chi connectivity index (χ2v) is 1.13. The van der Waals surface area contributed by atoms with Crippen LogP contribution in [0, 0.1) is 10.1 Å². The van der Waals surface area contributed by atoms with E-state index in [0.717, 1.165) is 5.54 Å². The third-order valence-corrected chi connectivity index (χ3v) is 0.522. The van der Waals surface area contributed by atoms with Crippen LogP contribution >= 0.6 is 11.6 Å². The maximum atomic E-state index is 9.45. The van der Waals surface area contributed by atoms with Crippen molar-refractivity contribution >= 4 is 11.6 Å². The number of hydrogen-bond donors (Lipinski definition) is 0. The minimum Gasteiger partial charge on any atom is -0.264 e. The van der Waals surface area contributed by atoms with Crippen molar-refractivity contribution in [2.45, 2.75) is 0 Å². The molecule has 0 spiro atoms. The quantitative estimate of drug-likeness (QED) is 0.404. The minimum atomic E-state index is -0.459. The van der Waals surface area contributed by atoms with E-state index in [0.29, 0.717) is 0 Å². The summed E-state index contributed by atoms with van der Waals surface area (Å²) in [6, 6.07) is 0. The molecule has 0 N–H and O–H groups in total. The highest BCUT2D eigenvalue weighted by Gasteiger charge is 1.83. The molecule has 0 amide bonds. The van der Waals surface area contributed by atoms with Gasteiger partial charge in [0.2, 0.25) is 6.54 Å². The van der Waals surface area contributed by atoms with Gasteiger partial charge in [0.05, 0.1) is 0 Å². The standard InChI is InChI=1S/C3H4ClNO2/c4-2-1-3-5(6)7/h1-2H,3H2. The first-order valence-electron chi connectivity index (χ1n) is 1.64. The molecule has 0 fully saturated rings. The van der Waals surface area contributed by atoms with Gasteiger partial charge >= 0.3 is 0 Å². The third-order valence-electron chi connectivity index (χ3n) is 0.344. The van der Waals surface area contributed by atoms with Crippen LogP contribution in [-0.2, 0) is 0 Å². The van der Waals surface area contributed by atoms with Gasteiger partial charge < -0.3 is 0 Å². The van der Waals surface area contributed by atoms with Crippen molar-refractivity contribution in [3.63, 3.8) is 0 Å². The predicted octanol–water partition coefficient (Wildman–Crippen LogP) is 1.02. The Labute approximate surface area is 45.7 Å². The molecule has 0 aliphatic heterocycles. The van der Waals surface area contributed by atoms with Crippen LogP contribution in [0.15, 0.2) is 11.6 Å². The van der Waals surface area contributed by atoms with Gasteiger partial charge in [-0.3, -0.25) is 10.1 Å². The summed E-state index contributed by atoms with van der Waals surface area (Å²) in [7, 11) is 0. The summed E-state index contributed by atoms with van der Waals surface area (Å²) in [6.45, 7) is -0.191. The highest BCUT2D eigenvalue weighted by atomic mass is 35.5. The average molecular weight is 122 g/mol. The van der Waals surface area contributed by atoms with Crippen LogP contribution < -0.4 is 0 Å². The van der Waals surface area contributed by atoms with Crippen molar-refractivity contribution in [2.75, 3.05) is 6.54 Å². The second-order valence-electron chi connectivity index (χ2n) is 0.877. The van der Waals surface area contributed by atoms with Crippen LogP contribution in [0.5, 0.6) is 0 Å². The molecule has 0 radical (unpaired) electrons. The van der Waals surface area contributed by atoms with Crippen LogP contribution in [0.25, 0.3) is 0 Å². The van der Waals surface area contributed by atoms with Gasteiger partial charge in [-0.1, -0.05) is 11.6 Å². The van der Waals surface area contributed by atoms with E-state index in [1.807, 2.05) is 0 Å². The topological polar surface area (TPSA) is 43.1 Å². The smallest absolute Gasteiger partial charge is 0.223 e. The number of rotatable bonds is 2. The first-order chi connectivity index (χ1) is 3.27. The average Bonchev–Trinajstić information content (AvgIpc) is 1.61. The van der Waals surface area contributed by atoms with Crippen molar-refractivity contribution in [3.05, 3.63) is 21.7 Å². The zero-order valence-electron chi connectivity index (χ0n) is 3.50. The summed E-state index contributed by atoms with van der Waals surface area (Å²) in [5, 5.41) is 9.45. The number of hydrogen-bond acceptors (Lipinski definition) is 2. The number of nitro groups is 1. The SMILES string of the molecule is O=[N+]([O-])CC=CCl. The Balaban J connectivity index is 3.14. The van der Waals surface area contributed by atoms with E-state index >= 15 is 0 Å². The third kappa shape index (κ3) is 5.43. The molecule has 0 saturated heterocycles. The van der Waals surface area contributed by atoms with Crippen molar-refractivity contribution in [2.24, 2.45) is 0 Å². The molecule has 0 aromatic rings. The van der Waals surface area contributed by atoms with Crippen LogP contribution in [-0.4, -0.2) is 11.5 Å². The lowest BCUT2D eigenvalue weighted by atomic mass is 10.7. The lowest BCUT2D eigenvalue weighted by Crippen LogP contribution is -1.94. The van der Waals surface area contributed by atoms with Gasteiger partial charge in [0.1, 0.15) is 0 Å². The molecule has 0 unspecified atom stereocenters. The maximum Gasteiger partial charge on any atom is 0.223 e. The Morgan fingerprint density at radius 2 is 2.43 bits per heavy atom. The van der Waals surface area contributed by atoms with Crippen molar-refractivity contribution in [1.29, 1.82) is 0 Å². The molecule has 0 aromatic carbocycles. The molecule has 0 bridgehead atoms. The Hall–Kier alpha value is -0.570. The van der Waals surface area contributed by atoms with Crippen LogP contribution in [0.4, 0.5) is 0 Å². The first-order valence-corrected chi connectivity index (χ1v) is 2.08. The van der Waals surface area contributed by atoms with Gasteiger partial charge in [0.15, 0.2) is 0 Å². The van der Waals surface area contributed by atoms with E-state index in [2.05, 4.69) is 0 Å². The highest BCUT2D eigenvalue weighted by molar-refractivity contribution is 6.25. The molecule has 7 heavy (non-hydrogen) atoms. The zero-order valence-corrected chi connectivity index (χ0v) is 4.26. The summed E-state index contributed by atoms with van der Waals surface area (Å²) >= 11 is 4.96. The molecular formula is C3H4ClNO2. The van der Waals surface area contributed by atoms with Crippen molar-refractivity contribution in [3.8, 4) is 0 Å². The van der Waals surface area contributed by atoms with Gasteiger partial charge in [-0.25, -0.2) is 0 Å². The van der Waals surface area contributed by atoms with Gasteiger partial charge in [0, 0.05) is 10.5 Å². The molecular weight excluding hydrogens is 117 g/mol. The minimum absolute atomic E-state index is 0.191. The predicted molar refractivity (Wildman–Crippen MR) is 26.9 cm³/mol. The molecule has 0 aromatic heterocycles. The number of nitrogens with zero attached hydrogens (tertiary/aromatic N) is 1. The fraction of sp³-hybridized carbons (Fsp3) is 0.333. The van der Waals surface area contributed by atoms with Gasteiger partial charge in [-0.2, -0.15) is 0 Å². The van der Waals surface area contributed by atoms with E-state index in [1.165, 1.54) is 6.08 Å². The summed E-state index contributed by atoms with van der Waals surface area (Å²) in [6.07, 6.45) is 1.27. The molecule has 40 valence electrons. The van der Waals surface area contributed by atoms with Crippen molar-refractivity contribution in [1.82, 2.24) is 0 Å². The van der Waals surface area contributed by atoms with Gasteiger partial charge in [-0.15, -0.1) is 0 Å². The van der Waals surface area contributed by atoms with Crippen LogP contribution in [0.2, 0.25) is 0 Å². The molecule has 0 saturated carbocycles. The summed E-state index contributed by atoms with van der Waals surface area (Å²) < 4.78 is 0. The van der Waals surface area contributed by atoms with E-state index in [-0.39, 0.29) is 6.54 Å². The Morgan fingerprint density at radius 3 is 2.57 bits per heavy atom. The summed E-state index contributed by atoms with van der Waals surface area (Å²) in [5.41, 5.74) is 1.13. The van der Waals surface area contributed by atoms with E-state index in [1.54, 1.807) is 0 Å². The summed E-state index contributed by atoms with van der Waals surface area (Å²) in [5.74, 6) is 0. The van der Waals surface area contributed by atoms with E-state index in [9.17, 15) is 10.1 Å². The molecule has 0 aliphatic rings. The summed E-state index contributed by atoms with van der Waals surface area (Å²) in [4.78, 5) is 8.99. The lowest BCUT2D eigenvalue weighted by Gasteiger charge is -1.77. The normalized spacial score (nSPS) is 9.86. The molecule has 0 rings (SSSR count).